The molecule has 0 atom stereocenters. The van der Waals surface area contributed by atoms with E-state index in [1.807, 2.05) is 76.3 Å². The van der Waals surface area contributed by atoms with E-state index in [2.05, 4.69) is 20.4 Å². The maximum atomic E-state index is 5.02. The molecule has 2 rings (SSSR count). The van der Waals surface area contributed by atoms with E-state index in [1.54, 1.807) is 7.11 Å². The Kier molecular flexibility index (Phi) is 16.0. The zero-order valence-electron chi connectivity index (χ0n) is 14.5. The second-order valence-corrected chi connectivity index (χ2v) is 5.80. The Labute approximate surface area is 152 Å². The van der Waals surface area contributed by atoms with Crippen molar-refractivity contribution in [2.45, 2.75) is 41.5 Å². The first-order chi connectivity index (χ1) is 10.5. The van der Waals surface area contributed by atoms with E-state index in [4.69, 9.17) is 4.74 Å². The van der Waals surface area contributed by atoms with Crippen LogP contribution < -0.4 is 13.5 Å². The second-order valence-electron chi connectivity index (χ2n) is 3.48. The molecule has 0 saturated carbocycles. The summed E-state index contributed by atoms with van der Waals surface area (Å²) in [7, 11) is 1.63. The van der Waals surface area contributed by atoms with Crippen LogP contribution in [0.5, 0.6) is 5.75 Å². The van der Waals surface area contributed by atoms with Crippen molar-refractivity contribution in [2.75, 3.05) is 7.11 Å². The van der Waals surface area contributed by atoms with Crippen molar-refractivity contribution in [1.82, 2.24) is 20.4 Å². The quantitative estimate of drug-likeness (QED) is 0.652. The van der Waals surface area contributed by atoms with Gasteiger partial charge >= 0.3 is 125 Å². The van der Waals surface area contributed by atoms with Gasteiger partial charge in [0.15, 0.2) is 0 Å². The van der Waals surface area contributed by atoms with Crippen LogP contribution >= 0.6 is 0 Å². The fraction of sp³-hybridized carbons (Fsp3) is 0.467. The molecule has 117 valence electrons. The van der Waals surface area contributed by atoms with Crippen molar-refractivity contribution in [3.8, 4) is 5.75 Å². The molecule has 22 heavy (non-hydrogen) atoms. The van der Waals surface area contributed by atoms with Crippen molar-refractivity contribution in [2.24, 2.45) is 0 Å². The van der Waals surface area contributed by atoms with E-state index in [0.29, 0.717) is 0 Å². The van der Waals surface area contributed by atoms with Crippen LogP contribution in [-0.4, -0.2) is 62.6 Å². The van der Waals surface area contributed by atoms with E-state index >= 15 is 0 Å². The number of hydrogen-bond donors (Lipinski definition) is 0. The first kappa shape index (κ1) is 23.4. The van der Waals surface area contributed by atoms with Crippen LogP contribution in [-0.2, 0) is 0 Å². The topological polar surface area (TPSA) is 60.8 Å². The van der Waals surface area contributed by atoms with Gasteiger partial charge in [0.05, 0.1) is 0 Å². The van der Waals surface area contributed by atoms with E-state index in [-0.39, 0.29) is 0 Å². The Morgan fingerprint density at radius 3 is 1.91 bits per heavy atom. The van der Waals surface area contributed by atoms with Crippen molar-refractivity contribution in [1.29, 1.82) is 0 Å². The summed E-state index contributed by atoms with van der Waals surface area (Å²) in [5.74, 6) is 0.799. The molecule has 0 bridgehead atoms. The van der Waals surface area contributed by atoms with Gasteiger partial charge in [-0.3, -0.25) is 0 Å². The van der Waals surface area contributed by atoms with Gasteiger partial charge in [0.2, 0.25) is 0 Å². The van der Waals surface area contributed by atoms with E-state index < -0.39 is 0 Å². The van der Waals surface area contributed by atoms with Gasteiger partial charge in [-0.2, -0.15) is 0 Å². The monoisotopic (exact) mass is 419 g/mol. The van der Waals surface area contributed by atoms with Crippen LogP contribution in [0, 0.1) is 13.8 Å². The molecule has 2 heterocycles. The number of nitrogens with zero attached hydrogens (tertiary/aromatic N) is 4. The van der Waals surface area contributed by atoms with Crippen LogP contribution in [0.2, 0.25) is 0 Å². The molecule has 0 aliphatic heterocycles. The summed E-state index contributed by atoms with van der Waals surface area (Å²) in [6.07, 6.45) is 0. The van der Waals surface area contributed by atoms with Crippen molar-refractivity contribution in [3.05, 3.63) is 29.6 Å². The van der Waals surface area contributed by atoms with Gasteiger partial charge in [-0.25, -0.2) is 0 Å². The Morgan fingerprint density at radius 2 is 1.55 bits per heavy atom. The van der Waals surface area contributed by atoms with Gasteiger partial charge < -0.3 is 0 Å². The number of rotatable bonds is 1. The minimum atomic E-state index is 0.799. The summed E-state index contributed by atoms with van der Waals surface area (Å²) < 4.78 is 6.93. The molecule has 0 fully saturated rings. The molecule has 0 aliphatic carbocycles. The molecule has 5 nitrogen and oxygen atoms in total. The average molecular weight is 419 g/mol. The van der Waals surface area contributed by atoms with Crippen LogP contribution in [0.15, 0.2) is 18.2 Å². The minimum absolute atomic E-state index is 0.799. The van der Waals surface area contributed by atoms with Crippen LogP contribution in [0.4, 0.5) is 0 Å². The molecule has 2 aromatic heterocycles. The summed E-state index contributed by atoms with van der Waals surface area (Å²) in [6, 6.07) is 5.80. The molecule has 0 N–H and O–H groups in total. The second kappa shape index (κ2) is 15.1. The van der Waals surface area contributed by atoms with Gasteiger partial charge in [-0.15, -0.1) is 0 Å². The summed E-state index contributed by atoms with van der Waals surface area (Å²) in [5, 5.41) is 15.4. The van der Waals surface area contributed by atoms with Gasteiger partial charge in [-0.1, -0.05) is 27.7 Å². The van der Waals surface area contributed by atoms with Gasteiger partial charge in [0, 0.05) is 0 Å². The Hall–Kier alpha value is -0.861. The normalized spacial score (nSPS) is 8.18. The van der Waals surface area contributed by atoms with Crippen molar-refractivity contribution < 1.29 is 4.74 Å². The standard InChI is InChI=1S/C6H7GeN2O.C5H5N2.2C2H6.Ga/c1-4-5(10-2)3-6(7)9-8-4;1-5-3-2-4-6-7-5;2*1-2;/h3H,1-2H3;2-3H,1H3;2*1-2H3;. The molecule has 0 unspecified atom stereocenters. The van der Waals surface area contributed by atoms with Crippen molar-refractivity contribution in [3.63, 3.8) is 0 Å². The predicted octanol–water partition coefficient (Wildman–Crippen LogP) is 1.22. The predicted molar refractivity (Wildman–Crippen MR) is 93.6 cm³/mol. The molecular weight excluding hydrogens is 395 g/mol. The molecule has 2 aromatic rings. The van der Waals surface area contributed by atoms with Crippen LogP contribution in [0.3, 0.4) is 0 Å². The van der Waals surface area contributed by atoms with Gasteiger partial charge in [0.25, 0.3) is 0 Å². The average Bonchev–Trinajstić information content (AvgIpc) is 2.57. The third-order valence-electron chi connectivity index (χ3n) is 1.97. The van der Waals surface area contributed by atoms with E-state index in [0.717, 1.165) is 25.9 Å². The zero-order valence-corrected chi connectivity index (χ0v) is 19.0. The zero-order chi connectivity index (χ0) is 17.5. The van der Waals surface area contributed by atoms with E-state index in [1.165, 1.54) is 18.6 Å². The number of methoxy groups -OCH3 is 1. The molecule has 0 spiro atoms. The molecular formula is C15H24GaGeN4O. The molecule has 7 heteroatoms. The molecule has 0 saturated heterocycles. The molecule has 0 aliphatic rings. The number of aryl methyl sites for hydroxylation is 2. The summed E-state index contributed by atoms with van der Waals surface area (Å²) in [5.41, 5.74) is 1.81. The molecule has 5 radical (unpaired) electrons. The summed E-state index contributed by atoms with van der Waals surface area (Å²) in [4.78, 5) is 0. The van der Waals surface area contributed by atoms with Crippen molar-refractivity contribution >= 4 is 43.9 Å². The molecule has 0 amide bonds. The van der Waals surface area contributed by atoms with Gasteiger partial charge in [0.1, 0.15) is 0 Å². The first-order valence-electron chi connectivity index (χ1n) is 7.18. The fourth-order valence-corrected chi connectivity index (χ4v) is 1.75. The maximum absolute atomic E-state index is 5.02. The fourth-order valence-electron chi connectivity index (χ4n) is 1.05. The third-order valence-corrected chi connectivity index (χ3v) is 3.13. The third kappa shape index (κ3) is 10.8. The Bertz CT molecular complexity index is 488. The number of hydrogen-bond acceptors (Lipinski definition) is 5. The van der Waals surface area contributed by atoms with Crippen LogP contribution in [0.1, 0.15) is 39.1 Å². The molecule has 0 aromatic carbocycles. The summed E-state index contributed by atoms with van der Waals surface area (Å²) in [6.45, 7) is 11.8. The van der Waals surface area contributed by atoms with E-state index in [9.17, 15) is 0 Å². The number of ether oxygens (including phenoxy) is 1. The summed E-state index contributed by atoms with van der Waals surface area (Å²) >= 11 is 3.39. The first-order valence-corrected chi connectivity index (χ1v) is 9.44. The Balaban J connectivity index is 0. The SMILES string of the molecule is CC.CC.COc1c[c]([Ge])nnc1C.Cc1cc[c]([Ga])nn1. The van der Waals surface area contributed by atoms with Crippen LogP contribution in [0.25, 0.3) is 0 Å². The number of aromatic nitrogens is 4. The Morgan fingerprint density at radius 1 is 0.955 bits per heavy atom. The van der Waals surface area contributed by atoms with Gasteiger partial charge in [-0.05, 0) is 0 Å².